The van der Waals surface area contributed by atoms with Crippen LogP contribution in [0.1, 0.15) is 11.0 Å². The summed E-state index contributed by atoms with van der Waals surface area (Å²) in [5, 5.41) is 2.92. The van der Waals surface area contributed by atoms with Gasteiger partial charge in [-0.3, -0.25) is 0 Å². The second-order valence-corrected chi connectivity index (χ2v) is 8.04. The average molecular weight is 294 g/mol. The van der Waals surface area contributed by atoms with Gasteiger partial charge in [-0.2, -0.15) is 0 Å². The third-order valence-corrected chi connectivity index (χ3v) is 7.36. The minimum atomic E-state index is -2.61. The zero-order valence-corrected chi connectivity index (χ0v) is 12.7. The van der Waals surface area contributed by atoms with Crippen molar-refractivity contribution in [2.24, 2.45) is 0 Å². The van der Waals surface area contributed by atoms with Crippen molar-refractivity contribution in [3.63, 3.8) is 0 Å². The molecule has 3 aromatic rings. The number of hydrogen-bond acceptors (Lipinski definition) is 0. The second-order valence-electron chi connectivity index (χ2n) is 4.84. The van der Waals surface area contributed by atoms with Crippen molar-refractivity contribution >= 4 is 23.2 Å². The van der Waals surface area contributed by atoms with Crippen LogP contribution in [0.5, 0.6) is 0 Å². The molecule has 0 N–H and O–H groups in total. The van der Waals surface area contributed by atoms with E-state index in [1.54, 1.807) is 0 Å². The summed E-state index contributed by atoms with van der Waals surface area (Å²) in [6.07, 6.45) is -1.66. The summed E-state index contributed by atoms with van der Waals surface area (Å²) >= 11 is 0. The highest BCUT2D eigenvalue weighted by atomic mass is 31.2. The van der Waals surface area contributed by atoms with E-state index in [2.05, 4.69) is 0 Å². The lowest BCUT2D eigenvalue weighted by atomic mass is 10.4. The number of rotatable bonds is 4. The molecule has 0 saturated heterocycles. The predicted octanol–water partition coefficient (Wildman–Crippen LogP) is 4.00. The minimum Gasteiger partial charge on any atom is -0.0620 e. The van der Waals surface area contributed by atoms with Gasteiger partial charge in [-0.15, -0.1) is 0 Å². The Hall–Kier alpha value is -1.91. The van der Waals surface area contributed by atoms with Gasteiger partial charge in [0.25, 0.3) is 0 Å². The van der Waals surface area contributed by atoms with Crippen LogP contribution in [0.2, 0.25) is 0 Å². The first-order chi connectivity index (χ1) is 11.6. The molecule has 21 heavy (non-hydrogen) atoms. The van der Waals surface area contributed by atoms with Gasteiger partial charge in [0.15, 0.2) is 0 Å². The van der Waals surface area contributed by atoms with Crippen molar-refractivity contribution < 1.29 is 4.11 Å². The maximum absolute atomic E-state index is 8.82. The highest BCUT2D eigenvalue weighted by Gasteiger charge is 2.43. The van der Waals surface area contributed by atoms with E-state index in [1.807, 2.05) is 91.0 Å². The fourth-order valence-electron chi connectivity index (χ4n) is 2.68. The normalized spacial score (nSPS) is 14.0. The Balaban J connectivity index is 2.42. The molecule has 1 heteroatoms. The van der Waals surface area contributed by atoms with E-state index in [9.17, 15) is 0 Å². The number of benzene rings is 3. The van der Waals surface area contributed by atoms with E-state index in [-0.39, 0.29) is 6.90 Å². The first-order valence-corrected chi connectivity index (χ1v) is 8.77. The second kappa shape index (κ2) is 6.24. The SMILES string of the molecule is [2H]CC([2H])([2H])[P+](c1ccccc1)(c1ccccc1)c1ccccc1. The molecule has 0 aromatic heterocycles. The van der Waals surface area contributed by atoms with E-state index in [0.29, 0.717) is 0 Å². The van der Waals surface area contributed by atoms with Crippen molar-refractivity contribution in [2.75, 3.05) is 6.11 Å². The van der Waals surface area contributed by atoms with Gasteiger partial charge in [0.1, 0.15) is 23.2 Å². The molecule has 104 valence electrons. The Morgan fingerprint density at radius 3 is 1.29 bits per heavy atom. The summed E-state index contributed by atoms with van der Waals surface area (Å²) in [5.41, 5.74) is 0. The van der Waals surface area contributed by atoms with Crippen LogP contribution in [-0.2, 0) is 0 Å². The summed E-state index contributed by atoms with van der Waals surface area (Å²) in [6.45, 7) is -0.278. The predicted molar refractivity (Wildman–Crippen MR) is 95.7 cm³/mol. The van der Waals surface area contributed by atoms with Crippen LogP contribution in [-0.4, -0.2) is 6.11 Å². The molecule has 0 aliphatic heterocycles. The molecule has 0 unspecified atom stereocenters. The van der Waals surface area contributed by atoms with Crippen LogP contribution in [0.25, 0.3) is 0 Å². The molecule has 0 saturated carbocycles. The van der Waals surface area contributed by atoms with Crippen molar-refractivity contribution in [1.82, 2.24) is 0 Å². The van der Waals surface area contributed by atoms with Gasteiger partial charge in [0, 0.05) is 1.37 Å². The lowest BCUT2D eigenvalue weighted by Crippen LogP contribution is -2.32. The van der Waals surface area contributed by atoms with Gasteiger partial charge >= 0.3 is 0 Å². The molecule has 0 fully saturated rings. The highest BCUT2D eigenvalue weighted by molar-refractivity contribution is 7.95. The van der Waals surface area contributed by atoms with Crippen molar-refractivity contribution in [2.45, 2.75) is 6.90 Å². The van der Waals surface area contributed by atoms with E-state index >= 15 is 0 Å². The van der Waals surface area contributed by atoms with Gasteiger partial charge in [-0.25, -0.2) is 0 Å². The average Bonchev–Trinajstić information content (AvgIpc) is 2.65. The van der Waals surface area contributed by atoms with E-state index < -0.39 is 13.4 Å². The maximum Gasteiger partial charge on any atom is 0.111 e. The zero-order chi connectivity index (χ0) is 17.0. The first-order valence-electron chi connectivity index (χ1n) is 8.69. The molecular weight excluding hydrogens is 271 g/mol. The Labute approximate surface area is 132 Å². The smallest absolute Gasteiger partial charge is 0.0620 e. The van der Waals surface area contributed by atoms with Gasteiger partial charge in [-0.1, -0.05) is 54.6 Å². The number of hydrogen-bond donors (Lipinski definition) is 0. The lowest BCUT2D eigenvalue weighted by Gasteiger charge is -2.26. The molecule has 0 amide bonds. The third-order valence-electron chi connectivity index (χ3n) is 3.67. The summed E-state index contributed by atoms with van der Waals surface area (Å²) in [4.78, 5) is 0. The topological polar surface area (TPSA) is 0 Å². The van der Waals surface area contributed by atoms with Crippen LogP contribution >= 0.6 is 7.26 Å². The Bertz CT molecular complexity index is 677. The molecule has 0 nitrogen and oxygen atoms in total. The van der Waals surface area contributed by atoms with Crippen molar-refractivity contribution in [3.05, 3.63) is 91.0 Å². The van der Waals surface area contributed by atoms with Crippen molar-refractivity contribution in [1.29, 1.82) is 0 Å². The Morgan fingerprint density at radius 1 is 0.667 bits per heavy atom. The summed E-state index contributed by atoms with van der Waals surface area (Å²) in [7, 11) is -2.61. The Morgan fingerprint density at radius 2 is 1.00 bits per heavy atom. The van der Waals surface area contributed by atoms with Crippen LogP contribution in [0.4, 0.5) is 0 Å². The largest absolute Gasteiger partial charge is 0.111 e. The first kappa shape index (κ1) is 10.8. The summed E-state index contributed by atoms with van der Waals surface area (Å²) < 4.78 is 25.6. The molecule has 0 spiro atoms. The fourth-order valence-corrected chi connectivity index (χ4v) is 5.98. The summed E-state index contributed by atoms with van der Waals surface area (Å²) in [5.74, 6) is 0. The van der Waals surface area contributed by atoms with Gasteiger partial charge in [-0.05, 0) is 43.3 Å². The van der Waals surface area contributed by atoms with E-state index in [0.717, 1.165) is 15.9 Å². The molecule has 0 aliphatic carbocycles. The summed E-state index contributed by atoms with van der Waals surface area (Å²) in [6, 6.07) is 29.6. The highest BCUT2D eigenvalue weighted by Crippen LogP contribution is 2.54. The molecule has 3 rings (SSSR count). The van der Waals surface area contributed by atoms with Gasteiger partial charge in [0.2, 0.25) is 0 Å². The van der Waals surface area contributed by atoms with Gasteiger partial charge < -0.3 is 0 Å². The minimum absolute atomic E-state index is 0.278. The Kier molecular flexibility index (Phi) is 3.20. The van der Waals surface area contributed by atoms with Crippen molar-refractivity contribution in [3.8, 4) is 0 Å². The standard InChI is InChI=1S/C20H20P/c1-2-21(18-12-6-3-7-13-18,19-14-8-4-9-15-19)20-16-10-5-11-17-20/h3-17H,2H2,1H3/q+1/i1D,2D2. The molecule has 0 bridgehead atoms. The van der Waals surface area contributed by atoms with E-state index in [4.69, 9.17) is 4.11 Å². The monoisotopic (exact) mass is 294 g/mol. The lowest BCUT2D eigenvalue weighted by molar-refractivity contribution is 1.48. The molecule has 0 radical (unpaired) electrons. The van der Waals surface area contributed by atoms with Crippen LogP contribution in [0.3, 0.4) is 0 Å². The molecular formula is C20H20P+. The fraction of sp³-hybridized carbons (Fsp3) is 0.100. The zero-order valence-electron chi connectivity index (χ0n) is 14.8. The third kappa shape index (κ3) is 2.52. The van der Waals surface area contributed by atoms with Crippen LogP contribution < -0.4 is 15.9 Å². The maximum atomic E-state index is 8.82. The molecule has 0 atom stereocenters. The molecule has 3 aromatic carbocycles. The van der Waals surface area contributed by atoms with Crippen LogP contribution in [0.15, 0.2) is 91.0 Å². The van der Waals surface area contributed by atoms with Gasteiger partial charge in [0.05, 0.1) is 8.86 Å². The molecule has 0 heterocycles. The molecule has 0 aliphatic rings. The quantitative estimate of drug-likeness (QED) is 0.638. The van der Waals surface area contributed by atoms with Crippen LogP contribution in [0, 0.1) is 0 Å². The van der Waals surface area contributed by atoms with E-state index in [1.165, 1.54) is 0 Å².